The third-order valence-corrected chi connectivity index (χ3v) is 19.9. The quantitative estimate of drug-likeness (QED) is 0.0754. The van der Waals surface area contributed by atoms with Crippen LogP contribution in [0.5, 0.6) is 0 Å². The first-order chi connectivity index (χ1) is 52.5. The third kappa shape index (κ3) is 14.2. The summed E-state index contributed by atoms with van der Waals surface area (Å²) in [5.41, 5.74) is 31.5. The number of nitrogens with zero attached hydrogens (tertiary/aromatic N) is 4. The molecular formula is C102H74N4. The molecule has 0 saturated carbocycles. The average Bonchev–Trinajstić information content (AvgIpc) is 0.788. The van der Waals surface area contributed by atoms with Gasteiger partial charge < -0.3 is 19.6 Å². The summed E-state index contributed by atoms with van der Waals surface area (Å²) < 4.78 is 0. The lowest BCUT2D eigenvalue weighted by molar-refractivity contribution is 1.26. The second kappa shape index (κ2) is 30.3. The molecule has 17 rings (SSSR count). The summed E-state index contributed by atoms with van der Waals surface area (Å²) in [6.07, 6.45) is 0. The van der Waals surface area contributed by atoms with Crippen LogP contribution in [0.1, 0.15) is 0 Å². The van der Waals surface area contributed by atoms with Crippen molar-refractivity contribution in [1.82, 2.24) is 0 Å². The number of rotatable bonds is 20. The van der Waals surface area contributed by atoms with Crippen LogP contribution in [0.4, 0.5) is 68.2 Å². The van der Waals surface area contributed by atoms with Gasteiger partial charge in [0, 0.05) is 68.2 Å². The van der Waals surface area contributed by atoms with Crippen molar-refractivity contribution in [2.75, 3.05) is 19.6 Å². The number of anilines is 12. The molecule has 502 valence electrons. The fourth-order valence-corrected chi connectivity index (χ4v) is 14.4. The van der Waals surface area contributed by atoms with Crippen molar-refractivity contribution in [1.29, 1.82) is 0 Å². The van der Waals surface area contributed by atoms with Gasteiger partial charge in [-0.05, 0) is 235 Å². The van der Waals surface area contributed by atoms with E-state index in [1.165, 1.54) is 61.2 Å². The molecule has 17 aromatic carbocycles. The van der Waals surface area contributed by atoms with E-state index >= 15 is 0 Å². The van der Waals surface area contributed by atoms with Crippen LogP contribution in [-0.4, -0.2) is 0 Å². The minimum atomic E-state index is 1.04. The zero-order valence-electron chi connectivity index (χ0n) is 58.5. The highest BCUT2D eigenvalue weighted by Gasteiger charge is 2.21. The molecule has 0 N–H and O–H groups in total. The van der Waals surface area contributed by atoms with E-state index < -0.39 is 0 Å². The average molecular weight is 1360 g/mol. The van der Waals surface area contributed by atoms with Crippen LogP contribution in [0.3, 0.4) is 0 Å². The van der Waals surface area contributed by atoms with Gasteiger partial charge in [0.25, 0.3) is 0 Å². The Kier molecular flexibility index (Phi) is 18.6. The molecule has 4 heteroatoms. The van der Waals surface area contributed by atoms with Crippen molar-refractivity contribution in [3.05, 3.63) is 449 Å². The highest BCUT2D eigenvalue weighted by atomic mass is 15.2. The standard InChI is InChI=1S/C102H74N4/c1-7-19-75(20-8-1)80-31-33-81(34-32-80)89-49-63-97(64-50-89)106(102-73-71-101(72-74-102)105(95-57-43-86(44-58-95)78-25-13-4-14-26-78)96-59-45-87(46-60-96)79-27-15-5-16-28-79)98-65-51-90(52-66-98)83-37-35-82(36-38-83)88-47-61-92(62-48-88)103(91-29-17-6-18-30-91)99-67-69-100(70-68-99)104(93-53-39-84(40-54-93)76-21-9-2-10-22-76)94-55-41-85(42-56-94)77-23-11-3-12-24-77/h1-74H. The van der Waals surface area contributed by atoms with Crippen LogP contribution >= 0.6 is 0 Å². The van der Waals surface area contributed by atoms with Gasteiger partial charge >= 0.3 is 0 Å². The maximum absolute atomic E-state index is 2.36. The normalized spacial score (nSPS) is 11.0. The van der Waals surface area contributed by atoms with Gasteiger partial charge in [0.1, 0.15) is 0 Å². The molecule has 0 aromatic heterocycles. The minimum Gasteiger partial charge on any atom is -0.311 e. The Morgan fingerprint density at radius 2 is 0.160 bits per heavy atom. The van der Waals surface area contributed by atoms with Gasteiger partial charge in [0.05, 0.1) is 0 Å². The molecule has 0 atom stereocenters. The van der Waals surface area contributed by atoms with E-state index in [0.29, 0.717) is 0 Å². The highest BCUT2D eigenvalue weighted by molar-refractivity contribution is 5.87. The van der Waals surface area contributed by atoms with E-state index in [2.05, 4.69) is 469 Å². The molecule has 17 aromatic rings. The van der Waals surface area contributed by atoms with Gasteiger partial charge in [-0.3, -0.25) is 0 Å². The first-order valence-corrected chi connectivity index (χ1v) is 36.2. The van der Waals surface area contributed by atoms with Gasteiger partial charge in [0.2, 0.25) is 0 Å². The summed E-state index contributed by atoms with van der Waals surface area (Å²) in [6, 6.07) is 162. The molecule has 0 aliphatic rings. The lowest BCUT2D eigenvalue weighted by Crippen LogP contribution is -2.12. The fourth-order valence-electron chi connectivity index (χ4n) is 14.4. The Bertz CT molecular complexity index is 5510. The van der Waals surface area contributed by atoms with Crippen molar-refractivity contribution >= 4 is 68.2 Å². The highest BCUT2D eigenvalue weighted by Crippen LogP contribution is 2.45. The Labute approximate surface area is 621 Å². The first kappa shape index (κ1) is 65.3. The van der Waals surface area contributed by atoms with E-state index in [1.807, 2.05) is 0 Å². The largest absolute Gasteiger partial charge is 0.311 e. The Balaban J connectivity index is 0.648. The summed E-state index contributed by atoms with van der Waals surface area (Å²) in [5, 5.41) is 0. The minimum absolute atomic E-state index is 1.04. The maximum Gasteiger partial charge on any atom is 0.0463 e. The Morgan fingerprint density at radius 1 is 0.0755 bits per heavy atom. The Morgan fingerprint density at radius 3 is 0.292 bits per heavy atom. The molecule has 0 aliphatic heterocycles. The molecule has 4 nitrogen and oxygen atoms in total. The maximum atomic E-state index is 2.36. The third-order valence-electron chi connectivity index (χ3n) is 19.9. The molecule has 0 radical (unpaired) electrons. The monoisotopic (exact) mass is 1350 g/mol. The number of hydrogen-bond donors (Lipinski definition) is 0. The molecule has 0 saturated heterocycles. The van der Waals surface area contributed by atoms with E-state index in [4.69, 9.17) is 0 Å². The smallest absolute Gasteiger partial charge is 0.0463 e. The fraction of sp³-hybridized carbons (Fsp3) is 0. The van der Waals surface area contributed by atoms with E-state index in [0.717, 1.165) is 96.1 Å². The van der Waals surface area contributed by atoms with Gasteiger partial charge in [0.15, 0.2) is 0 Å². The lowest BCUT2D eigenvalue weighted by atomic mass is 9.99. The van der Waals surface area contributed by atoms with E-state index in [-0.39, 0.29) is 0 Å². The van der Waals surface area contributed by atoms with Crippen LogP contribution in [-0.2, 0) is 0 Å². The van der Waals surface area contributed by atoms with Crippen LogP contribution in [0.2, 0.25) is 0 Å². The number of hydrogen-bond acceptors (Lipinski definition) is 4. The van der Waals surface area contributed by atoms with E-state index in [9.17, 15) is 0 Å². The summed E-state index contributed by atoms with van der Waals surface area (Å²) in [6.45, 7) is 0. The van der Waals surface area contributed by atoms with Gasteiger partial charge in [-0.25, -0.2) is 0 Å². The predicted molar refractivity (Wildman–Crippen MR) is 449 cm³/mol. The van der Waals surface area contributed by atoms with Gasteiger partial charge in [-0.15, -0.1) is 0 Å². The topological polar surface area (TPSA) is 13.0 Å². The second-order valence-corrected chi connectivity index (χ2v) is 26.5. The summed E-state index contributed by atoms with van der Waals surface area (Å²) in [4.78, 5) is 9.38. The van der Waals surface area contributed by atoms with Crippen LogP contribution in [0, 0.1) is 0 Å². The summed E-state index contributed by atoms with van der Waals surface area (Å²) >= 11 is 0. The molecule has 106 heavy (non-hydrogen) atoms. The summed E-state index contributed by atoms with van der Waals surface area (Å²) in [7, 11) is 0. The van der Waals surface area contributed by atoms with Gasteiger partial charge in [-0.1, -0.05) is 303 Å². The van der Waals surface area contributed by atoms with Crippen LogP contribution in [0.25, 0.3) is 89.0 Å². The van der Waals surface area contributed by atoms with Crippen molar-refractivity contribution in [3.8, 4) is 89.0 Å². The Hall–Kier alpha value is -14.1. The molecule has 0 heterocycles. The molecule has 0 spiro atoms. The zero-order valence-corrected chi connectivity index (χ0v) is 58.5. The SMILES string of the molecule is c1ccc(-c2ccc(-c3ccc(N(c4ccc(-c5ccc(-c6ccc(N(c7ccccc7)c7ccc(N(c8ccc(-c9ccccc9)cc8)c8ccc(-c9ccccc9)cc8)cc7)cc6)cc5)cc4)c4ccc(N(c5ccc(-c6ccccc6)cc5)c5ccc(-c6ccccc6)cc5)cc4)cc3)cc2)cc1. The van der Waals surface area contributed by atoms with E-state index in [1.54, 1.807) is 0 Å². The van der Waals surface area contributed by atoms with Gasteiger partial charge in [-0.2, -0.15) is 0 Å². The predicted octanol–water partition coefficient (Wildman–Crippen LogP) is 28.9. The molecule has 0 unspecified atom stereocenters. The van der Waals surface area contributed by atoms with Crippen LogP contribution < -0.4 is 19.6 Å². The molecular weight excluding hydrogens is 1280 g/mol. The number of benzene rings is 17. The molecule has 0 bridgehead atoms. The summed E-state index contributed by atoms with van der Waals surface area (Å²) in [5.74, 6) is 0. The molecule has 0 amide bonds. The number of para-hydroxylation sites is 1. The van der Waals surface area contributed by atoms with Crippen molar-refractivity contribution in [2.24, 2.45) is 0 Å². The first-order valence-electron chi connectivity index (χ1n) is 36.2. The second-order valence-electron chi connectivity index (χ2n) is 26.5. The molecule has 0 aliphatic carbocycles. The molecule has 0 fully saturated rings. The van der Waals surface area contributed by atoms with Crippen molar-refractivity contribution < 1.29 is 0 Å². The van der Waals surface area contributed by atoms with Crippen LogP contribution in [0.15, 0.2) is 449 Å². The zero-order chi connectivity index (χ0) is 70.8. The lowest BCUT2D eigenvalue weighted by Gasteiger charge is -2.29. The van der Waals surface area contributed by atoms with Crippen molar-refractivity contribution in [2.45, 2.75) is 0 Å². The van der Waals surface area contributed by atoms with Crippen molar-refractivity contribution in [3.63, 3.8) is 0 Å².